The molecule has 26 heavy (non-hydrogen) atoms. The summed E-state index contributed by atoms with van der Waals surface area (Å²) in [7, 11) is 0. The second-order valence-electron chi connectivity index (χ2n) is 6.87. The third kappa shape index (κ3) is 2.95. The van der Waals surface area contributed by atoms with E-state index in [2.05, 4.69) is 21.4 Å². The van der Waals surface area contributed by atoms with Crippen LogP contribution in [0.1, 0.15) is 42.7 Å². The molecule has 7 heteroatoms. The molecule has 0 N–H and O–H groups in total. The number of hydrogen-bond donors (Lipinski definition) is 0. The Kier molecular flexibility index (Phi) is 4.60. The van der Waals surface area contributed by atoms with Crippen LogP contribution in [0.2, 0.25) is 0 Å². The number of rotatable bonds is 4. The first-order valence-corrected chi connectivity index (χ1v) is 9.82. The van der Waals surface area contributed by atoms with E-state index in [9.17, 15) is 4.79 Å². The first-order chi connectivity index (χ1) is 12.7. The van der Waals surface area contributed by atoms with Crippen molar-refractivity contribution in [2.75, 3.05) is 13.1 Å². The molecule has 0 spiro atoms. The molecule has 0 radical (unpaired) electrons. The molecule has 2 aromatic rings. The van der Waals surface area contributed by atoms with E-state index in [0.717, 1.165) is 32.1 Å². The smallest absolute Gasteiger partial charge is 0.251 e. The first-order valence-electron chi connectivity index (χ1n) is 8.94. The van der Waals surface area contributed by atoms with E-state index in [-0.39, 0.29) is 29.0 Å². The van der Waals surface area contributed by atoms with Crippen LogP contribution in [-0.4, -0.2) is 40.0 Å². The Labute approximate surface area is 156 Å². The van der Waals surface area contributed by atoms with Crippen LogP contribution in [0.15, 0.2) is 29.9 Å². The van der Waals surface area contributed by atoms with Crippen LogP contribution in [-0.2, 0) is 10.2 Å². The zero-order chi connectivity index (χ0) is 18.0. The maximum Gasteiger partial charge on any atom is 0.251 e. The molecule has 1 unspecified atom stereocenters. The summed E-state index contributed by atoms with van der Waals surface area (Å²) in [5, 5.41) is 11.2. The van der Waals surface area contributed by atoms with Crippen LogP contribution < -0.4 is 4.74 Å². The van der Waals surface area contributed by atoms with Gasteiger partial charge in [0.05, 0.1) is 12.0 Å². The third-order valence-electron chi connectivity index (χ3n) is 5.34. The summed E-state index contributed by atoms with van der Waals surface area (Å²) in [5.74, 6) is 0.478. The SMILES string of the molecule is N#Cc1nccnc1OC1CCN(C(=O)C2(c3cccs3)CCCC2)C1. The monoisotopic (exact) mass is 368 g/mol. The van der Waals surface area contributed by atoms with Gasteiger partial charge >= 0.3 is 0 Å². The van der Waals surface area contributed by atoms with E-state index in [1.807, 2.05) is 17.0 Å². The Morgan fingerprint density at radius 1 is 1.35 bits per heavy atom. The Morgan fingerprint density at radius 3 is 2.88 bits per heavy atom. The van der Waals surface area contributed by atoms with Gasteiger partial charge in [0.15, 0.2) is 0 Å². The lowest BCUT2D eigenvalue weighted by atomic mass is 9.83. The number of aromatic nitrogens is 2. The standard InChI is InChI=1S/C19H20N4O2S/c20-12-15-17(22-9-8-21-15)25-14-5-10-23(13-14)18(24)19(6-1-2-7-19)16-4-3-11-26-16/h3-4,8-9,11,14H,1-2,5-7,10,13H2. The highest BCUT2D eigenvalue weighted by Crippen LogP contribution is 2.45. The summed E-state index contributed by atoms with van der Waals surface area (Å²) in [5.41, 5.74) is -0.170. The Morgan fingerprint density at radius 2 is 2.15 bits per heavy atom. The number of nitrogens with zero attached hydrogens (tertiary/aromatic N) is 4. The molecule has 134 valence electrons. The first kappa shape index (κ1) is 17.0. The lowest BCUT2D eigenvalue weighted by Crippen LogP contribution is -2.44. The summed E-state index contributed by atoms with van der Waals surface area (Å²) in [4.78, 5) is 24.6. The van der Waals surface area contributed by atoms with Gasteiger partial charge in [0.1, 0.15) is 12.2 Å². The number of hydrogen-bond acceptors (Lipinski definition) is 6. The van der Waals surface area contributed by atoms with Gasteiger partial charge in [-0.25, -0.2) is 9.97 Å². The number of carbonyl (C=O) groups is 1. The van der Waals surface area contributed by atoms with Gasteiger partial charge < -0.3 is 9.64 Å². The molecule has 3 heterocycles. The van der Waals surface area contributed by atoms with E-state index in [1.165, 1.54) is 17.3 Å². The van der Waals surface area contributed by atoms with Crippen LogP contribution in [0.5, 0.6) is 5.88 Å². The molecule has 1 aliphatic carbocycles. The highest BCUT2D eigenvalue weighted by Gasteiger charge is 2.47. The zero-order valence-corrected chi connectivity index (χ0v) is 15.2. The highest BCUT2D eigenvalue weighted by molar-refractivity contribution is 7.10. The molecular weight excluding hydrogens is 348 g/mol. The summed E-state index contributed by atoms with van der Waals surface area (Å²) in [6, 6.07) is 6.12. The summed E-state index contributed by atoms with van der Waals surface area (Å²) in [6.07, 6.45) is 7.64. The Hall–Kier alpha value is -2.46. The van der Waals surface area contributed by atoms with Gasteiger partial charge in [-0.1, -0.05) is 18.9 Å². The lowest BCUT2D eigenvalue weighted by Gasteiger charge is -2.31. The molecule has 1 saturated heterocycles. The van der Waals surface area contributed by atoms with Crippen molar-refractivity contribution in [1.29, 1.82) is 5.26 Å². The Balaban J connectivity index is 1.48. The lowest BCUT2D eigenvalue weighted by molar-refractivity contribution is -0.136. The van der Waals surface area contributed by atoms with Crippen molar-refractivity contribution >= 4 is 17.2 Å². The average Bonchev–Trinajstić information content (AvgIpc) is 3.42. The van der Waals surface area contributed by atoms with Gasteiger partial charge in [0.2, 0.25) is 11.6 Å². The minimum atomic E-state index is -0.354. The van der Waals surface area contributed by atoms with E-state index in [1.54, 1.807) is 11.3 Å². The maximum absolute atomic E-state index is 13.4. The molecule has 2 aliphatic rings. The van der Waals surface area contributed by atoms with Crippen LogP contribution in [0.3, 0.4) is 0 Å². The van der Waals surface area contributed by atoms with Crippen molar-refractivity contribution < 1.29 is 9.53 Å². The molecule has 1 aliphatic heterocycles. The molecule has 0 bridgehead atoms. The van der Waals surface area contributed by atoms with Gasteiger partial charge in [-0.3, -0.25) is 4.79 Å². The second-order valence-corrected chi connectivity index (χ2v) is 7.82. The van der Waals surface area contributed by atoms with E-state index >= 15 is 0 Å². The molecule has 1 atom stereocenters. The predicted molar refractivity (Wildman–Crippen MR) is 96.8 cm³/mol. The topological polar surface area (TPSA) is 79.1 Å². The normalized spacial score (nSPS) is 21.5. The summed E-state index contributed by atoms with van der Waals surface area (Å²) < 4.78 is 5.88. The largest absolute Gasteiger partial charge is 0.470 e. The fourth-order valence-corrected chi connectivity index (χ4v) is 5.03. The molecule has 2 aromatic heterocycles. The highest BCUT2D eigenvalue weighted by atomic mass is 32.1. The van der Waals surface area contributed by atoms with Gasteiger partial charge in [-0.15, -0.1) is 11.3 Å². The van der Waals surface area contributed by atoms with Crippen molar-refractivity contribution in [2.24, 2.45) is 0 Å². The number of amides is 1. The molecule has 6 nitrogen and oxygen atoms in total. The minimum absolute atomic E-state index is 0.149. The van der Waals surface area contributed by atoms with E-state index in [4.69, 9.17) is 10.00 Å². The Bertz CT molecular complexity index is 824. The van der Waals surface area contributed by atoms with Gasteiger partial charge in [-0.2, -0.15) is 5.26 Å². The summed E-state index contributed by atoms with van der Waals surface area (Å²) >= 11 is 1.68. The summed E-state index contributed by atoms with van der Waals surface area (Å²) in [6.45, 7) is 1.21. The van der Waals surface area contributed by atoms with Gasteiger partial charge in [0.25, 0.3) is 5.88 Å². The van der Waals surface area contributed by atoms with Crippen LogP contribution in [0.4, 0.5) is 0 Å². The zero-order valence-electron chi connectivity index (χ0n) is 14.4. The molecule has 4 rings (SSSR count). The predicted octanol–water partition coefficient (Wildman–Crippen LogP) is 2.90. The van der Waals surface area contributed by atoms with Gasteiger partial charge in [-0.05, 0) is 24.3 Å². The van der Waals surface area contributed by atoms with Crippen molar-refractivity contribution in [1.82, 2.24) is 14.9 Å². The van der Waals surface area contributed by atoms with E-state index < -0.39 is 0 Å². The average molecular weight is 368 g/mol. The van der Waals surface area contributed by atoms with E-state index in [0.29, 0.717) is 13.1 Å². The molecule has 1 saturated carbocycles. The van der Waals surface area contributed by atoms with Crippen LogP contribution in [0, 0.1) is 11.3 Å². The van der Waals surface area contributed by atoms with Crippen molar-refractivity contribution in [3.05, 3.63) is 40.5 Å². The molecule has 1 amide bonds. The number of ether oxygens (including phenoxy) is 1. The van der Waals surface area contributed by atoms with Crippen molar-refractivity contribution in [2.45, 2.75) is 43.6 Å². The number of thiophene rings is 1. The van der Waals surface area contributed by atoms with Crippen molar-refractivity contribution in [3.63, 3.8) is 0 Å². The quantitative estimate of drug-likeness (QED) is 0.829. The molecule has 0 aromatic carbocycles. The van der Waals surface area contributed by atoms with Crippen LogP contribution in [0.25, 0.3) is 0 Å². The number of likely N-dealkylation sites (tertiary alicyclic amines) is 1. The number of nitriles is 1. The van der Waals surface area contributed by atoms with Crippen LogP contribution >= 0.6 is 11.3 Å². The third-order valence-corrected chi connectivity index (χ3v) is 6.41. The fraction of sp³-hybridized carbons (Fsp3) is 0.474. The molecule has 2 fully saturated rings. The van der Waals surface area contributed by atoms with Crippen molar-refractivity contribution in [3.8, 4) is 11.9 Å². The maximum atomic E-state index is 13.4. The van der Waals surface area contributed by atoms with Gasteiger partial charge in [0, 0.05) is 30.2 Å². The fourth-order valence-electron chi connectivity index (χ4n) is 4.05. The molecular formula is C19H20N4O2S. The second kappa shape index (κ2) is 7.04. The number of carbonyl (C=O) groups excluding carboxylic acids is 1. The minimum Gasteiger partial charge on any atom is -0.470 e.